The minimum Gasteiger partial charge on any atom is -0.384 e. The largest absolute Gasteiger partial charge is 0.384 e. The molecule has 0 aliphatic rings. The number of hydrogen-bond donors (Lipinski definition) is 1. The van der Waals surface area contributed by atoms with Crippen LogP contribution in [0.5, 0.6) is 0 Å². The summed E-state index contributed by atoms with van der Waals surface area (Å²) in [6.45, 7) is 8.76. The molecule has 0 amide bonds. The third-order valence-corrected chi connectivity index (χ3v) is 2.32. The van der Waals surface area contributed by atoms with Crippen LogP contribution >= 0.6 is 0 Å². The van der Waals surface area contributed by atoms with Crippen LogP contribution in [-0.4, -0.2) is 23.0 Å². The number of aliphatic imine (C=N–C) groups is 1. The van der Waals surface area contributed by atoms with Gasteiger partial charge in [0.1, 0.15) is 5.60 Å². The van der Waals surface area contributed by atoms with E-state index < -0.39 is 5.60 Å². The molecule has 1 N–H and O–H groups in total. The van der Waals surface area contributed by atoms with E-state index in [0.29, 0.717) is 0 Å². The summed E-state index contributed by atoms with van der Waals surface area (Å²) in [5.74, 6) is 0. The monoisotopic (exact) mass is 330 g/mol. The molecule has 0 aromatic carbocycles. The van der Waals surface area contributed by atoms with Crippen molar-refractivity contribution in [3.63, 3.8) is 0 Å². The molecule has 0 fully saturated rings. The zero-order valence-corrected chi connectivity index (χ0v) is 11.2. The third-order valence-electron chi connectivity index (χ3n) is 2.32. The second-order valence-corrected chi connectivity index (χ2v) is 3.19. The van der Waals surface area contributed by atoms with Crippen LogP contribution in [0.15, 0.2) is 4.99 Å². The first-order valence-corrected chi connectivity index (χ1v) is 4.84. The van der Waals surface area contributed by atoms with Crippen LogP contribution in [0.1, 0.15) is 47.0 Å². The number of rotatable bonds is 5. The molecule has 1 unspecified atom stereocenters. The minimum atomic E-state index is -0.648. The first-order chi connectivity index (χ1) is 5.60. The Morgan fingerprint density at radius 1 is 1.31 bits per heavy atom. The molecule has 81 valence electrons. The molecule has 13 heavy (non-hydrogen) atoms. The predicted octanol–water partition coefficient (Wildman–Crippen LogP) is 2.41. The summed E-state index contributed by atoms with van der Waals surface area (Å²) in [6, 6.07) is 0. The van der Waals surface area contributed by atoms with Gasteiger partial charge in [-0.2, -0.15) is 0 Å². The third kappa shape index (κ3) is 5.38. The van der Waals surface area contributed by atoms with Gasteiger partial charge in [-0.1, -0.05) is 20.3 Å². The standard InChI is InChI=1S/C10H21NO.Tb/c1-5-8-10(12,6-2)9(4)11-7-3;/h12H,5-8H2,1-4H3;. The zero-order chi connectivity index (χ0) is 9.61. The van der Waals surface area contributed by atoms with Crippen LogP contribution in [0.3, 0.4) is 0 Å². The van der Waals surface area contributed by atoms with Crippen molar-refractivity contribution in [2.75, 3.05) is 6.54 Å². The Balaban J connectivity index is 0. The van der Waals surface area contributed by atoms with Gasteiger partial charge in [-0.15, -0.1) is 0 Å². The van der Waals surface area contributed by atoms with Gasteiger partial charge < -0.3 is 5.11 Å². The van der Waals surface area contributed by atoms with E-state index in [2.05, 4.69) is 11.9 Å². The average molecular weight is 330 g/mol. The summed E-state index contributed by atoms with van der Waals surface area (Å²) in [7, 11) is 0. The topological polar surface area (TPSA) is 32.6 Å². The summed E-state index contributed by atoms with van der Waals surface area (Å²) >= 11 is 0. The summed E-state index contributed by atoms with van der Waals surface area (Å²) in [5, 5.41) is 10.1. The Morgan fingerprint density at radius 2 is 1.85 bits per heavy atom. The molecule has 0 bridgehead atoms. The molecule has 0 heterocycles. The fraction of sp³-hybridized carbons (Fsp3) is 0.900. The second kappa shape index (κ2) is 8.24. The molecule has 0 aromatic heterocycles. The Kier molecular flexibility index (Phi) is 10.4. The fourth-order valence-corrected chi connectivity index (χ4v) is 1.41. The summed E-state index contributed by atoms with van der Waals surface area (Å²) in [6.07, 6.45) is 2.58. The Morgan fingerprint density at radius 3 is 2.15 bits per heavy atom. The van der Waals surface area contributed by atoms with Crippen LogP contribution in [-0.2, 0) is 0 Å². The average Bonchev–Trinajstić information content (AvgIpc) is 2.05. The van der Waals surface area contributed by atoms with Crippen LogP contribution < -0.4 is 0 Å². The molecule has 2 nitrogen and oxygen atoms in total. The SMILES string of the molecule is CCCC(O)(CC)C(C)=NCC.[Tb]. The van der Waals surface area contributed by atoms with E-state index in [1.54, 1.807) is 0 Å². The Labute approximate surface area is 113 Å². The number of aliphatic hydroxyl groups is 1. The predicted molar refractivity (Wildman–Crippen MR) is 53.8 cm³/mol. The first kappa shape index (κ1) is 16.3. The molecule has 3 heteroatoms. The van der Waals surface area contributed by atoms with E-state index in [1.165, 1.54) is 0 Å². The fourth-order valence-electron chi connectivity index (χ4n) is 1.41. The van der Waals surface area contributed by atoms with Gasteiger partial charge in [-0.25, -0.2) is 0 Å². The van der Waals surface area contributed by atoms with Crippen molar-refractivity contribution in [1.82, 2.24) is 0 Å². The summed E-state index contributed by atoms with van der Waals surface area (Å²) < 4.78 is 0. The maximum Gasteiger partial charge on any atom is 0.102 e. The van der Waals surface area contributed by atoms with Gasteiger partial charge in [0.15, 0.2) is 0 Å². The Bertz CT molecular complexity index is 159. The molecule has 0 saturated carbocycles. The van der Waals surface area contributed by atoms with Crippen molar-refractivity contribution < 1.29 is 43.7 Å². The van der Waals surface area contributed by atoms with E-state index in [1.807, 2.05) is 20.8 Å². The molecule has 1 radical (unpaired) electrons. The minimum absolute atomic E-state index is 0. The van der Waals surface area contributed by atoms with Gasteiger partial charge in [-0.3, -0.25) is 4.99 Å². The van der Waals surface area contributed by atoms with Crippen LogP contribution in [0.25, 0.3) is 0 Å². The van der Waals surface area contributed by atoms with E-state index in [-0.39, 0.29) is 38.6 Å². The smallest absolute Gasteiger partial charge is 0.102 e. The van der Waals surface area contributed by atoms with Crippen molar-refractivity contribution in [2.45, 2.75) is 52.6 Å². The van der Waals surface area contributed by atoms with E-state index in [9.17, 15) is 5.11 Å². The summed E-state index contributed by atoms with van der Waals surface area (Å²) in [5.41, 5.74) is 0.236. The maximum atomic E-state index is 10.1. The first-order valence-electron chi connectivity index (χ1n) is 4.84. The molecule has 0 rings (SSSR count). The molecule has 1 atom stereocenters. The van der Waals surface area contributed by atoms with Gasteiger partial charge in [0.2, 0.25) is 0 Å². The Hall–Kier alpha value is 0.916. The molecule has 0 spiro atoms. The van der Waals surface area contributed by atoms with Crippen LogP contribution in [0, 0.1) is 38.6 Å². The second-order valence-electron chi connectivity index (χ2n) is 3.19. The van der Waals surface area contributed by atoms with Crippen LogP contribution in [0.2, 0.25) is 0 Å². The van der Waals surface area contributed by atoms with E-state index >= 15 is 0 Å². The maximum absolute atomic E-state index is 10.1. The number of hydrogen-bond acceptors (Lipinski definition) is 2. The van der Waals surface area contributed by atoms with Crippen molar-refractivity contribution in [3.05, 3.63) is 0 Å². The molecule has 0 saturated heterocycles. The molecule has 0 aromatic rings. The van der Waals surface area contributed by atoms with Crippen LogP contribution in [0.4, 0.5) is 0 Å². The van der Waals surface area contributed by atoms with Gasteiger partial charge in [0.25, 0.3) is 0 Å². The van der Waals surface area contributed by atoms with Gasteiger partial charge in [-0.05, 0) is 26.7 Å². The van der Waals surface area contributed by atoms with Crippen molar-refractivity contribution in [3.8, 4) is 0 Å². The number of nitrogens with zero attached hydrogens (tertiary/aromatic N) is 1. The molecule has 0 aliphatic heterocycles. The molecule has 0 aliphatic carbocycles. The van der Waals surface area contributed by atoms with E-state index in [4.69, 9.17) is 0 Å². The molecular formula is C10H21NOTb. The zero-order valence-electron chi connectivity index (χ0n) is 9.06. The van der Waals surface area contributed by atoms with E-state index in [0.717, 1.165) is 31.5 Å². The normalized spacial score (nSPS) is 16.2. The van der Waals surface area contributed by atoms with Gasteiger partial charge >= 0.3 is 0 Å². The quantitative estimate of drug-likeness (QED) is 0.772. The van der Waals surface area contributed by atoms with Gasteiger partial charge in [0, 0.05) is 50.9 Å². The van der Waals surface area contributed by atoms with Crippen molar-refractivity contribution in [1.29, 1.82) is 0 Å². The van der Waals surface area contributed by atoms with Crippen molar-refractivity contribution in [2.24, 2.45) is 4.99 Å². The summed E-state index contributed by atoms with van der Waals surface area (Å²) in [4.78, 5) is 4.25. The molecular weight excluding hydrogens is 309 g/mol. The van der Waals surface area contributed by atoms with Gasteiger partial charge in [0.05, 0.1) is 0 Å². The van der Waals surface area contributed by atoms with Crippen molar-refractivity contribution >= 4 is 5.71 Å².